The summed E-state index contributed by atoms with van der Waals surface area (Å²) in [5, 5.41) is 0. The van der Waals surface area contributed by atoms with E-state index in [1.807, 2.05) is 30.3 Å². The second kappa shape index (κ2) is 5.41. The van der Waals surface area contributed by atoms with Crippen molar-refractivity contribution in [2.24, 2.45) is 0 Å². The molecule has 5 heteroatoms. The molecule has 0 aliphatic rings. The fraction of sp³-hybridized carbons (Fsp3) is 0.143. The lowest BCUT2D eigenvalue weighted by molar-refractivity contribution is 0.460. The monoisotopic (exact) mass is 294 g/mol. The van der Waals surface area contributed by atoms with Crippen LogP contribution in [0.3, 0.4) is 0 Å². The third-order valence-corrected chi connectivity index (χ3v) is 5.76. The van der Waals surface area contributed by atoms with E-state index in [1.54, 1.807) is 30.3 Å². The summed E-state index contributed by atoms with van der Waals surface area (Å²) in [7, 11) is -1.97. The lowest BCUT2D eigenvalue weighted by Crippen LogP contribution is -2.31. The normalized spacial score (nSPS) is 14.8. The quantitative estimate of drug-likeness (QED) is 0.697. The first-order chi connectivity index (χ1) is 8.93. The Labute approximate surface area is 115 Å². The van der Waals surface area contributed by atoms with E-state index >= 15 is 0 Å². The average molecular weight is 294 g/mol. The highest BCUT2D eigenvalue weighted by Gasteiger charge is 2.40. The maximum Gasteiger partial charge on any atom is 0.278 e. The zero-order chi connectivity index (χ0) is 13.9. The molecule has 2 unspecified atom stereocenters. The van der Waals surface area contributed by atoms with Gasteiger partial charge in [0.25, 0.3) is 10.1 Å². The molecule has 0 heterocycles. The van der Waals surface area contributed by atoms with E-state index in [2.05, 4.69) is 9.24 Å². The lowest BCUT2D eigenvalue weighted by Gasteiger charge is -2.26. The van der Waals surface area contributed by atoms with Gasteiger partial charge in [0.2, 0.25) is 0 Å². The molecule has 2 aromatic carbocycles. The Morgan fingerprint density at radius 3 is 1.89 bits per heavy atom. The van der Waals surface area contributed by atoms with Gasteiger partial charge in [-0.25, -0.2) is 0 Å². The third kappa shape index (κ3) is 3.03. The van der Waals surface area contributed by atoms with E-state index in [0.29, 0.717) is 5.56 Å². The largest absolute Gasteiger partial charge is 0.285 e. The molecular formula is C14H15O3PS. The van der Waals surface area contributed by atoms with Gasteiger partial charge in [-0.3, -0.25) is 4.55 Å². The minimum absolute atomic E-state index is 0.196. The summed E-state index contributed by atoms with van der Waals surface area (Å²) in [6.45, 7) is 0. The summed E-state index contributed by atoms with van der Waals surface area (Å²) in [4.78, 5) is 0. The van der Waals surface area contributed by atoms with Crippen molar-refractivity contribution in [1.29, 1.82) is 0 Å². The Morgan fingerprint density at radius 2 is 1.42 bits per heavy atom. The van der Waals surface area contributed by atoms with Crippen LogP contribution in [0.1, 0.15) is 11.1 Å². The van der Waals surface area contributed by atoms with E-state index in [9.17, 15) is 13.0 Å². The standard InChI is InChI=1S/C14H15O3PS/c15-19(16,17)14(18,13-9-5-2-6-10-13)11-12-7-3-1-4-8-12/h1-10H,11,18H2,(H,15,16,17). The highest BCUT2D eigenvalue weighted by molar-refractivity contribution is 7.91. The molecule has 0 fully saturated rings. The van der Waals surface area contributed by atoms with Gasteiger partial charge in [0.1, 0.15) is 4.49 Å². The summed E-state index contributed by atoms with van der Waals surface area (Å²) < 4.78 is 31.8. The first-order valence-corrected chi connectivity index (χ1v) is 7.80. The molecule has 0 spiro atoms. The van der Waals surface area contributed by atoms with Crippen LogP contribution in [0.5, 0.6) is 0 Å². The first-order valence-electron chi connectivity index (χ1n) is 5.79. The molecule has 100 valence electrons. The maximum absolute atomic E-state index is 11.8. The zero-order valence-electron chi connectivity index (χ0n) is 10.2. The van der Waals surface area contributed by atoms with Crippen LogP contribution in [-0.2, 0) is 21.0 Å². The molecule has 0 aliphatic carbocycles. The van der Waals surface area contributed by atoms with Gasteiger partial charge >= 0.3 is 0 Å². The van der Waals surface area contributed by atoms with Crippen molar-refractivity contribution in [3.8, 4) is 0 Å². The zero-order valence-corrected chi connectivity index (χ0v) is 12.2. The first kappa shape index (κ1) is 14.2. The molecule has 0 bridgehead atoms. The predicted octanol–water partition coefficient (Wildman–Crippen LogP) is 2.85. The van der Waals surface area contributed by atoms with Crippen LogP contribution < -0.4 is 0 Å². The molecule has 19 heavy (non-hydrogen) atoms. The van der Waals surface area contributed by atoms with Crippen LogP contribution in [-0.4, -0.2) is 13.0 Å². The van der Waals surface area contributed by atoms with Gasteiger partial charge in [-0.2, -0.15) is 8.42 Å². The highest BCUT2D eigenvalue weighted by Crippen LogP contribution is 2.39. The molecule has 2 aromatic rings. The molecule has 2 rings (SSSR count). The molecule has 0 aliphatic heterocycles. The average Bonchev–Trinajstić information content (AvgIpc) is 2.39. The number of rotatable bonds is 4. The SMILES string of the molecule is O=S(=O)(O)C(P)(Cc1ccccc1)c1ccccc1. The van der Waals surface area contributed by atoms with Crippen LogP contribution in [0, 0.1) is 0 Å². The Bertz CT molecular complexity index is 641. The van der Waals surface area contributed by atoms with Crippen LogP contribution in [0.25, 0.3) is 0 Å². The Hall–Kier alpha value is -1.22. The highest BCUT2D eigenvalue weighted by atomic mass is 32.2. The minimum Gasteiger partial charge on any atom is -0.285 e. The molecule has 0 saturated heterocycles. The van der Waals surface area contributed by atoms with Gasteiger partial charge < -0.3 is 0 Å². The Kier molecular flexibility index (Phi) is 4.04. The summed E-state index contributed by atoms with van der Waals surface area (Å²) in [5.74, 6) is 0. The van der Waals surface area contributed by atoms with Gasteiger partial charge in [0, 0.05) is 6.42 Å². The van der Waals surface area contributed by atoms with Gasteiger partial charge in [0.15, 0.2) is 0 Å². The molecule has 0 aromatic heterocycles. The van der Waals surface area contributed by atoms with E-state index in [4.69, 9.17) is 0 Å². The summed E-state index contributed by atoms with van der Waals surface area (Å²) in [6.07, 6.45) is 0.196. The Morgan fingerprint density at radius 1 is 0.947 bits per heavy atom. The summed E-state index contributed by atoms with van der Waals surface area (Å²) in [6, 6.07) is 17.9. The number of hydrogen-bond acceptors (Lipinski definition) is 2. The van der Waals surface area contributed by atoms with Crippen molar-refractivity contribution in [1.82, 2.24) is 0 Å². The molecule has 0 amide bonds. The number of benzene rings is 2. The lowest BCUT2D eigenvalue weighted by atomic mass is 10.0. The molecular weight excluding hydrogens is 279 g/mol. The van der Waals surface area contributed by atoms with Gasteiger partial charge in [0.05, 0.1) is 0 Å². The van der Waals surface area contributed by atoms with Crippen LogP contribution in [0.4, 0.5) is 0 Å². The number of hydrogen-bond donors (Lipinski definition) is 1. The second-order valence-corrected chi connectivity index (χ2v) is 7.48. The van der Waals surface area contributed by atoms with Crippen LogP contribution >= 0.6 is 9.24 Å². The van der Waals surface area contributed by atoms with E-state index in [0.717, 1.165) is 5.56 Å². The van der Waals surface area contributed by atoms with Crippen molar-refractivity contribution < 1.29 is 13.0 Å². The third-order valence-electron chi connectivity index (χ3n) is 3.03. The van der Waals surface area contributed by atoms with Crippen molar-refractivity contribution in [2.45, 2.75) is 10.9 Å². The fourth-order valence-corrected chi connectivity index (χ4v) is 3.17. The van der Waals surface area contributed by atoms with Crippen molar-refractivity contribution in [2.75, 3.05) is 0 Å². The van der Waals surface area contributed by atoms with E-state index in [1.165, 1.54) is 0 Å². The maximum atomic E-state index is 11.8. The fourth-order valence-electron chi connectivity index (χ4n) is 1.96. The smallest absolute Gasteiger partial charge is 0.278 e. The molecule has 1 N–H and O–H groups in total. The van der Waals surface area contributed by atoms with Crippen LogP contribution in [0.2, 0.25) is 0 Å². The van der Waals surface area contributed by atoms with Crippen molar-refractivity contribution in [3.63, 3.8) is 0 Å². The summed E-state index contributed by atoms with van der Waals surface area (Å²) >= 11 is 0. The topological polar surface area (TPSA) is 54.4 Å². The van der Waals surface area contributed by atoms with Gasteiger partial charge in [-0.1, -0.05) is 60.7 Å². The van der Waals surface area contributed by atoms with Gasteiger partial charge in [-0.15, -0.1) is 9.24 Å². The van der Waals surface area contributed by atoms with Gasteiger partial charge in [-0.05, 0) is 11.1 Å². The van der Waals surface area contributed by atoms with Crippen molar-refractivity contribution in [3.05, 3.63) is 71.8 Å². The second-order valence-electron chi connectivity index (χ2n) is 4.39. The predicted molar refractivity (Wildman–Crippen MR) is 79.5 cm³/mol. The summed E-state index contributed by atoms with van der Waals surface area (Å²) in [5.41, 5.74) is 1.39. The van der Waals surface area contributed by atoms with E-state index in [-0.39, 0.29) is 6.42 Å². The van der Waals surface area contributed by atoms with Crippen molar-refractivity contribution >= 4 is 19.4 Å². The van der Waals surface area contributed by atoms with Crippen LogP contribution in [0.15, 0.2) is 60.7 Å². The minimum atomic E-state index is -4.25. The molecule has 2 atom stereocenters. The molecule has 0 radical (unpaired) electrons. The molecule has 3 nitrogen and oxygen atoms in total. The molecule has 0 saturated carbocycles. The Balaban J connectivity index is 2.49. The van der Waals surface area contributed by atoms with E-state index < -0.39 is 14.6 Å².